The number of benzene rings is 2. The second kappa shape index (κ2) is 7.73. The third-order valence-corrected chi connectivity index (χ3v) is 4.15. The van der Waals surface area contributed by atoms with Crippen molar-refractivity contribution in [2.24, 2.45) is 0 Å². The van der Waals surface area contributed by atoms with Crippen molar-refractivity contribution in [1.82, 2.24) is 9.66 Å². The van der Waals surface area contributed by atoms with E-state index < -0.39 is 41.3 Å². The highest BCUT2D eigenvalue weighted by molar-refractivity contribution is 5.87. The molecule has 1 N–H and O–H groups in total. The zero-order chi connectivity index (χ0) is 22.2. The predicted octanol–water partition coefficient (Wildman–Crippen LogP) is 3.07. The van der Waals surface area contributed by atoms with Crippen LogP contribution in [0, 0.1) is 11.6 Å². The van der Waals surface area contributed by atoms with E-state index in [1.807, 2.05) is 0 Å². The number of amides is 1. The SMILES string of the molecule is CN(C)c1nc2cc(F)ccc2c(=O)n1NC(=O)Cc1ccc(C(F)(F)F)c(F)c1. The summed E-state index contributed by atoms with van der Waals surface area (Å²) in [6.45, 7) is 0. The van der Waals surface area contributed by atoms with Gasteiger partial charge in [-0.1, -0.05) is 6.07 Å². The molecule has 0 atom stereocenters. The number of alkyl halides is 3. The average molecular weight is 426 g/mol. The van der Waals surface area contributed by atoms with Gasteiger partial charge in [0.15, 0.2) is 0 Å². The van der Waals surface area contributed by atoms with Crippen molar-refractivity contribution in [1.29, 1.82) is 0 Å². The van der Waals surface area contributed by atoms with Gasteiger partial charge in [0.2, 0.25) is 11.9 Å². The highest BCUT2D eigenvalue weighted by Crippen LogP contribution is 2.31. The lowest BCUT2D eigenvalue weighted by molar-refractivity contribution is -0.140. The third-order valence-electron chi connectivity index (χ3n) is 4.15. The molecule has 0 aliphatic heterocycles. The van der Waals surface area contributed by atoms with Crippen molar-refractivity contribution < 1.29 is 26.7 Å². The Morgan fingerprint density at radius 2 is 1.83 bits per heavy atom. The molecule has 1 amide bonds. The van der Waals surface area contributed by atoms with Gasteiger partial charge >= 0.3 is 6.18 Å². The number of carbonyl (C=O) groups is 1. The molecule has 0 radical (unpaired) electrons. The van der Waals surface area contributed by atoms with Gasteiger partial charge in [0, 0.05) is 20.2 Å². The highest BCUT2D eigenvalue weighted by Gasteiger charge is 2.34. The summed E-state index contributed by atoms with van der Waals surface area (Å²) in [4.78, 5) is 30.7. The van der Waals surface area contributed by atoms with E-state index >= 15 is 0 Å². The van der Waals surface area contributed by atoms with Crippen LogP contribution in [0.25, 0.3) is 10.9 Å². The van der Waals surface area contributed by atoms with Crippen LogP contribution in [0.3, 0.4) is 0 Å². The molecule has 6 nitrogen and oxygen atoms in total. The van der Waals surface area contributed by atoms with Crippen LogP contribution < -0.4 is 15.9 Å². The standard InChI is InChI=1S/C19H15F5N4O2/c1-27(2)18-25-15-9-11(20)4-5-12(15)17(30)28(18)26-16(29)8-10-3-6-13(14(21)7-10)19(22,23)24/h3-7,9H,8H2,1-2H3,(H,26,29). The van der Waals surface area contributed by atoms with Crippen LogP contribution in [0.2, 0.25) is 0 Å². The molecule has 3 rings (SSSR count). The Bertz CT molecular complexity index is 1190. The molecular formula is C19H15F5N4O2. The summed E-state index contributed by atoms with van der Waals surface area (Å²) in [5, 5.41) is 0.0443. The lowest BCUT2D eigenvalue weighted by Crippen LogP contribution is -2.38. The van der Waals surface area contributed by atoms with E-state index in [4.69, 9.17) is 0 Å². The topological polar surface area (TPSA) is 67.2 Å². The third kappa shape index (κ3) is 4.24. The summed E-state index contributed by atoms with van der Waals surface area (Å²) < 4.78 is 66.0. The molecule has 2 aromatic carbocycles. The molecule has 158 valence electrons. The van der Waals surface area contributed by atoms with Gasteiger partial charge in [-0.05, 0) is 29.8 Å². The Morgan fingerprint density at radius 3 is 2.43 bits per heavy atom. The fourth-order valence-corrected chi connectivity index (χ4v) is 2.80. The summed E-state index contributed by atoms with van der Waals surface area (Å²) >= 11 is 0. The lowest BCUT2D eigenvalue weighted by atomic mass is 10.1. The van der Waals surface area contributed by atoms with E-state index in [0.717, 1.165) is 22.9 Å². The molecule has 0 fully saturated rings. The first-order chi connectivity index (χ1) is 14.0. The Labute approximate surface area is 166 Å². The Balaban J connectivity index is 1.92. The first-order valence-electron chi connectivity index (χ1n) is 8.52. The Morgan fingerprint density at radius 1 is 1.13 bits per heavy atom. The van der Waals surface area contributed by atoms with Gasteiger partial charge in [-0.3, -0.25) is 15.0 Å². The van der Waals surface area contributed by atoms with Crippen LogP contribution in [0.1, 0.15) is 11.1 Å². The predicted molar refractivity (Wildman–Crippen MR) is 99.8 cm³/mol. The maximum atomic E-state index is 13.7. The van der Waals surface area contributed by atoms with Gasteiger partial charge in [0.1, 0.15) is 11.6 Å². The fraction of sp³-hybridized carbons (Fsp3) is 0.211. The average Bonchev–Trinajstić information content (AvgIpc) is 2.62. The van der Waals surface area contributed by atoms with Crippen molar-refractivity contribution in [3.8, 4) is 0 Å². The van der Waals surface area contributed by atoms with Gasteiger partial charge < -0.3 is 4.90 Å². The molecule has 30 heavy (non-hydrogen) atoms. The van der Waals surface area contributed by atoms with Crippen molar-refractivity contribution in [2.45, 2.75) is 12.6 Å². The van der Waals surface area contributed by atoms with Gasteiger partial charge in [-0.2, -0.15) is 17.8 Å². The number of fused-ring (bicyclic) bond motifs is 1. The minimum Gasteiger partial charge on any atom is -0.347 e. The van der Waals surface area contributed by atoms with Crippen LogP contribution in [0.5, 0.6) is 0 Å². The smallest absolute Gasteiger partial charge is 0.347 e. The van der Waals surface area contributed by atoms with Gasteiger partial charge in [0.25, 0.3) is 5.56 Å². The largest absolute Gasteiger partial charge is 0.419 e. The number of nitrogens with one attached hydrogen (secondary N) is 1. The van der Waals surface area contributed by atoms with Crippen molar-refractivity contribution in [3.05, 3.63) is 69.5 Å². The first kappa shape index (κ1) is 21.2. The molecule has 1 heterocycles. The molecule has 0 saturated carbocycles. The second-order valence-electron chi connectivity index (χ2n) is 6.63. The highest BCUT2D eigenvalue weighted by atomic mass is 19.4. The normalized spacial score (nSPS) is 11.6. The van der Waals surface area contributed by atoms with Crippen LogP contribution in [0.15, 0.2) is 41.2 Å². The number of nitrogens with zero attached hydrogens (tertiary/aromatic N) is 3. The van der Waals surface area contributed by atoms with Crippen LogP contribution >= 0.6 is 0 Å². The van der Waals surface area contributed by atoms with Gasteiger partial charge in [-0.25, -0.2) is 13.8 Å². The first-order valence-corrected chi connectivity index (χ1v) is 8.52. The molecule has 11 heteroatoms. The summed E-state index contributed by atoms with van der Waals surface area (Å²) in [5.74, 6) is -2.90. The summed E-state index contributed by atoms with van der Waals surface area (Å²) in [6.07, 6.45) is -5.34. The molecule has 0 aliphatic carbocycles. The fourth-order valence-electron chi connectivity index (χ4n) is 2.80. The quantitative estimate of drug-likeness (QED) is 0.652. The van der Waals surface area contributed by atoms with E-state index in [9.17, 15) is 31.5 Å². The molecule has 0 bridgehead atoms. The van der Waals surface area contributed by atoms with E-state index in [1.54, 1.807) is 14.1 Å². The number of hydrogen-bond acceptors (Lipinski definition) is 4. The Hall–Kier alpha value is -3.50. The lowest BCUT2D eigenvalue weighted by Gasteiger charge is -2.19. The number of aromatic nitrogens is 2. The molecule has 0 unspecified atom stereocenters. The van der Waals surface area contributed by atoms with Crippen molar-refractivity contribution in [2.75, 3.05) is 24.4 Å². The monoisotopic (exact) mass is 426 g/mol. The van der Waals surface area contributed by atoms with Crippen LogP contribution in [-0.2, 0) is 17.4 Å². The number of halogens is 5. The number of rotatable bonds is 4. The van der Waals surface area contributed by atoms with Crippen molar-refractivity contribution >= 4 is 22.8 Å². The van der Waals surface area contributed by atoms with E-state index in [-0.39, 0.29) is 22.4 Å². The van der Waals surface area contributed by atoms with Crippen LogP contribution in [0.4, 0.5) is 27.9 Å². The summed E-state index contributed by atoms with van der Waals surface area (Å²) in [7, 11) is 3.08. The molecular weight excluding hydrogens is 411 g/mol. The van der Waals surface area contributed by atoms with E-state index in [0.29, 0.717) is 12.1 Å². The molecule has 0 spiro atoms. The summed E-state index contributed by atoms with van der Waals surface area (Å²) in [5.41, 5.74) is 0.239. The number of carbonyl (C=O) groups excluding carboxylic acids is 1. The zero-order valence-electron chi connectivity index (χ0n) is 15.7. The van der Waals surface area contributed by atoms with Gasteiger partial charge in [0.05, 0.1) is 22.9 Å². The van der Waals surface area contributed by atoms with E-state index in [2.05, 4.69) is 10.4 Å². The molecule has 0 aliphatic rings. The minimum atomic E-state index is -4.85. The van der Waals surface area contributed by atoms with Gasteiger partial charge in [-0.15, -0.1) is 0 Å². The maximum absolute atomic E-state index is 13.7. The van der Waals surface area contributed by atoms with Crippen molar-refractivity contribution in [3.63, 3.8) is 0 Å². The molecule has 0 saturated heterocycles. The zero-order valence-corrected chi connectivity index (χ0v) is 15.7. The second-order valence-corrected chi connectivity index (χ2v) is 6.63. The maximum Gasteiger partial charge on any atom is 0.419 e. The number of anilines is 1. The number of hydrogen-bond donors (Lipinski definition) is 1. The minimum absolute atomic E-state index is 0.00921. The molecule has 1 aromatic heterocycles. The summed E-state index contributed by atoms with van der Waals surface area (Å²) in [6, 6.07) is 5.48. The van der Waals surface area contributed by atoms with E-state index in [1.165, 1.54) is 11.0 Å². The molecule has 3 aromatic rings. The Kier molecular flexibility index (Phi) is 5.47. The van der Waals surface area contributed by atoms with Crippen LogP contribution in [-0.4, -0.2) is 29.7 Å².